The maximum Gasteiger partial charge on any atom is 0.222 e. The van der Waals surface area contributed by atoms with Crippen molar-refractivity contribution in [1.82, 2.24) is 4.90 Å². The van der Waals surface area contributed by atoms with Gasteiger partial charge in [0.05, 0.1) is 6.10 Å². The van der Waals surface area contributed by atoms with E-state index in [0.29, 0.717) is 19.5 Å². The van der Waals surface area contributed by atoms with Crippen LogP contribution in [0.1, 0.15) is 19.3 Å². The highest BCUT2D eigenvalue weighted by Crippen LogP contribution is 2.10. The molecule has 0 bridgehead atoms. The summed E-state index contributed by atoms with van der Waals surface area (Å²) in [4.78, 5) is 13.0. The molecule has 0 saturated carbocycles. The van der Waals surface area contributed by atoms with E-state index in [2.05, 4.69) is 6.58 Å². The Morgan fingerprint density at radius 3 is 3.00 bits per heavy atom. The van der Waals surface area contributed by atoms with E-state index in [9.17, 15) is 4.79 Å². The number of rotatable bonds is 3. The summed E-state index contributed by atoms with van der Waals surface area (Å²) in [6.45, 7) is 4.77. The highest BCUT2D eigenvalue weighted by atomic mass is 16.3. The molecule has 3 heteroatoms. The molecule has 1 atom stereocenters. The van der Waals surface area contributed by atoms with E-state index >= 15 is 0 Å². The maximum absolute atomic E-state index is 11.3. The molecule has 1 fully saturated rings. The van der Waals surface area contributed by atoms with Crippen molar-refractivity contribution in [2.45, 2.75) is 25.4 Å². The second-order valence-electron chi connectivity index (χ2n) is 3.11. The van der Waals surface area contributed by atoms with Crippen LogP contribution in [-0.4, -0.2) is 35.1 Å². The Labute approximate surface area is 72.7 Å². The number of aliphatic hydroxyl groups is 1. The SMILES string of the molecule is C=CCCC(=O)N1CCC(O)C1. The summed E-state index contributed by atoms with van der Waals surface area (Å²) in [6, 6.07) is 0. The second-order valence-corrected chi connectivity index (χ2v) is 3.11. The molecule has 0 spiro atoms. The minimum Gasteiger partial charge on any atom is -0.391 e. The van der Waals surface area contributed by atoms with E-state index in [4.69, 9.17) is 5.11 Å². The monoisotopic (exact) mass is 169 g/mol. The van der Waals surface area contributed by atoms with Crippen LogP contribution in [0.25, 0.3) is 0 Å². The van der Waals surface area contributed by atoms with Gasteiger partial charge in [0.25, 0.3) is 0 Å². The molecule has 3 nitrogen and oxygen atoms in total. The van der Waals surface area contributed by atoms with Crippen LogP contribution in [0, 0.1) is 0 Å². The lowest BCUT2D eigenvalue weighted by Gasteiger charge is -2.14. The summed E-state index contributed by atoms with van der Waals surface area (Å²) in [5, 5.41) is 9.16. The van der Waals surface area contributed by atoms with Gasteiger partial charge in [-0.2, -0.15) is 0 Å². The van der Waals surface area contributed by atoms with Crippen LogP contribution in [0.15, 0.2) is 12.7 Å². The molecule has 1 unspecified atom stereocenters. The number of allylic oxidation sites excluding steroid dienone is 1. The standard InChI is InChI=1S/C9H15NO2/c1-2-3-4-9(12)10-6-5-8(11)7-10/h2,8,11H,1,3-7H2. The molecule has 0 radical (unpaired) electrons. The Morgan fingerprint density at radius 1 is 1.75 bits per heavy atom. The molecule has 0 aromatic rings. The average Bonchev–Trinajstić information content (AvgIpc) is 2.47. The van der Waals surface area contributed by atoms with Crippen LogP contribution in [0.2, 0.25) is 0 Å². The Morgan fingerprint density at radius 2 is 2.50 bits per heavy atom. The Balaban J connectivity index is 2.28. The third kappa shape index (κ3) is 2.34. The lowest BCUT2D eigenvalue weighted by atomic mass is 10.3. The second kappa shape index (κ2) is 4.26. The predicted molar refractivity (Wildman–Crippen MR) is 46.6 cm³/mol. The third-order valence-electron chi connectivity index (χ3n) is 2.08. The van der Waals surface area contributed by atoms with Crippen LogP contribution in [0.3, 0.4) is 0 Å². The highest BCUT2D eigenvalue weighted by Gasteiger charge is 2.23. The minimum atomic E-state index is -0.308. The van der Waals surface area contributed by atoms with Crippen molar-refractivity contribution < 1.29 is 9.90 Å². The molecule has 1 rings (SSSR count). The van der Waals surface area contributed by atoms with Gasteiger partial charge in [0.1, 0.15) is 0 Å². The van der Waals surface area contributed by atoms with Gasteiger partial charge in [0.15, 0.2) is 0 Å². The fourth-order valence-electron chi connectivity index (χ4n) is 1.35. The van der Waals surface area contributed by atoms with Crippen molar-refractivity contribution in [2.24, 2.45) is 0 Å². The predicted octanol–water partition coefficient (Wildman–Crippen LogP) is 0.546. The number of nitrogens with zero attached hydrogens (tertiary/aromatic N) is 1. The molecule has 0 aliphatic carbocycles. The van der Waals surface area contributed by atoms with Crippen LogP contribution in [-0.2, 0) is 4.79 Å². The molecule has 1 aliphatic heterocycles. The smallest absolute Gasteiger partial charge is 0.222 e. The first-order valence-electron chi connectivity index (χ1n) is 4.30. The van der Waals surface area contributed by atoms with Gasteiger partial charge < -0.3 is 10.0 Å². The van der Waals surface area contributed by atoms with Gasteiger partial charge in [-0.15, -0.1) is 6.58 Å². The lowest BCUT2D eigenvalue weighted by Crippen LogP contribution is -2.29. The topological polar surface area (TPSA) is 40.5 Å². The van der Waals surface area contributed by atoms with Crippen molar-refractivity contribution in [3.8, 4) is 0 Å². The molecule has 68 valence electrons. The normalized spacial score (nSPS) is 22.8. The zero-order valence-electron chi connectivity index (χ0n) is 7.20. The Hall–Kier alpha value is -0.830. The minimum absolute atomic E-state index is 0.131. The van der Waals surface area contributed by atoms with Gasteiger partial charge in [0.2, 0.25) is 5.91 Å². The molecule has 1 aliphatic rings. The fraction of sp³-hybridized carbons (Fsp3) is 0.667. The molecule has 1 amide bonds. The lowest BCUT2D eigenvalue weighted by molar-refractivity contribution is -0.130. The van der Waals surface area contributed by atoms with Gasteiger partial charge in [-0.1, -0.05) is 6.08 Å². The molecule has 1 heterocycles. The number of hydrogen-bond acceptors (Lipinski definition) is 2. The molecule has 12 heavy (non-hydrogen) atoms. The van der Waals surface area contributed by atoms with Gasteiger partial charge in [-0.3, -0.25) is 4.79 Å². The Kier molecular flexibility index (Phi) is 3.29. The zero-order valence-corrected chi connectivity index (χ0v) is 7.20. The largest absolute Gasteiger partial charge is 0.391 e. The first-order chi connectivity index (χ1) is 5.74. The number of likely N-dealkylation sites (tertiary alicyclic amines) is 1. The van der Waals surface area contributed by atoms with E-state index in [-0.39, 0.29) is 12.0 Å². The average molecular weight is 169 g/mol. The summed E-state index contributed by atoms with van der Waals surface area (Å²) in [5.41, 5.74) is 0. The van der Waals surface area contributed by atoms with Crippen LogP contribution in [0.5, 0.6) is 0 Å². The molecular weight excluding hydrogens is 154 g/mol. The van der Waals surface area contributed by atoms with E-state index in [1.165, 1.54) is 0 Å². The van der Waals surface area contributed by atoms with Gasteiger partial charge >= 0.3 is 0 Å². The van der Waals surface area contributed by atoms with Crippen molar-refractivity contribution in [3.63, 3.8) is 0 Å². The van der Waals surface area contributed by atoms with Crippen molar-refractivity contribution in [2.75, 3.05) is 13.1 Å². The van der Waals surface area contributed by atoms with E-state index in [0.717, 1.165) is 12.8 Å². The number of carbonyl (C=O) groups excluding carboxylic acids is 1. The van der Waals surface area contributed by atoms with E-state index in [1.807, 2.05) is 0 Å². The van der Waals surface area contributed by atoms with Crippen molar-refractivity contribution in [1.29, 1.82) is 0 Å². The highest BCUT2D eigenvalue weighted by molar-refractivity contribution is 5.76. The summed E-state index contributed by atoms with van der Waals surface area (Å²) in [6.07, 6.45) is 3.41. The number of aliphatic hydroxyl groups excluding tert-OH is 1. The molecular formula is C9H15NO2. The summed E-state index contributed by atoms with van der Waals surface area (Å²) >= 11 is 0. The van der Waals surface area contributed by atoms with E-state index < -0.39 is 0 Å². The summed E-state index contributed by atoms with van der Waals surface area (Å²) in [7, 11) is 0. The van der Waals surface area contributed by atoms with Crippen molar-refractivity contribution >= 4 is 5.91 Å². The summed E-state index contributed by atoms with van der Waals surface area (Å²) in [5.74, 6) is 0.131. The van der Waals surface area contributed by atoms with Gasteiger partial charge in [0, 0.05) is 19.5 Å². The first kappa shape index (κ1) is 9.26. The quantitative estimate of drug-likeness (QED) is 0.627. The molecule has 0 aromatic heterocycles. The molecule has 0 aromatic carbocycles. The number of carbonyl (C=O) groups is 1. The molecule has 1 saturated heterocycles. The first-order valence-corrected chi connectivity index (χ1v) is 4.30. The third-order valence-corrected chi connectivity index (χ3v) is 2.08. The maximum atomic E-state index is 11.3. The van der Waals surface area contributed by atoms with E-state index in [1.54, 1.807) is 11.0 Å². The van der Waals surface area contributed by atoms with Crippen LogP contribution >= 0.6 is 0 Å². The van der Waals surface area contributed by atoms with Crippen LogP contribution < -0.4 is 0 Å². The van der Waals surface area contributed by atoms with Gasteiger partial charge in [-0.25, -0.2) is 0 Å². The van der Waals surface area contributed by atoms with Crippen molar-refractivity contribution in [3.05, 3.63) is 12.7 Å². The van der Waals surface area contributed by atoms with Crippen LogP contribution in [0.4, 0.5) is 0 Å². The summed E-state index contributed by atoms with van der Waals surface area (Å²) < 4.78 is 0. The number of β-amino-alcohol motifs (C(OH)–C–C–N with tert-alkyl or cyclic N) is 1. The molecule has 1 N–H and O–H groups in total. The number of hydrogen-bond donors (Lipinski definition) is 1. The fourth-order valence-corrected chi connectivity index (χ4v) is 1.35. The zero-order chi connectivity index (χ0) is 8.97. The number of amides is 1. The Bertz CT molecular complexity index is 179. The van der Waals surface area contributed by atoms with Gasteiger partial charge in [-0.05, 0) is 12.8 Å².